The SMILES string of the molecule is COc1ccc([C@@H]2[C@@H](C(=O)c3ccsc3)C(=O)N2c2cc(OC)c(OC)c(OC)c2)cc1. The second kappa shape index (κ2) is 8.92. The molecule has 3 aromatic rings. The van der Waals surface area contributed by atoms with Crippen molar-refractivity contribution < 1.29 is 28.5 Å². The Kier molecular flexibility index (Phi) is 6.05. The molecule has 2 aromatic carbocycles. The first-order chi connectivity index (χ1) is 15.5. The van der Waals surface area contributed by atoms with Crippen LogP contribution in [0.4, 0.5) is 5.69 Å². The van der Waals surface area contributed by atoms with Crippen molar-refractivity contribution in [2.45, 2.75) is 6.04 Å². The molecule has 2 atom stereocenters. The van der Waals surface area contributed by atoms with E-state index in [0.717, 1.165) is 5.56 Å². The van der Waals surface area contributed by atoms with E-state index in [1.807, 2.05) is 29.6 Å². The van der Waals surface area contributed by atoms with Gasteiger partial charge in [-0.2, -0.15) is 11.3 Å². The summed E-state index contributed by atoms with van der Waals surface area (Å²) in [5.74, 6) is 0.679. The summed E-state index contributed by atoms with van der Waals surface area (Å²) < 4.78 is 21.6. The van der Waals surface area contributed by atoms with Gasteiger partial charge >= 0.3 is 0 Å². The van der Waals surface area contributed by atoms with E-state index in [4.69, 9.17) is 18.9 Å². The van der Waals surface area contributed by atoms with Gasteiger partial charge in [0.2, 0.25) is 11.7 Å². The first kappa shape index (κ1) is 21.7. The van der Waals surface area contributed by atoms with E-state index in [9.17, 15) is 9.59 Å². The Hall–Kier alpha value is -3.52. The molecule has 1 aliphatic heterocycles. The Balaban J connectivity index is 1.80. The van der Waals surface area contributed by atoms with Crippen molar-refractivity contribution in [1.29, 1.82) is 0 Å². The fourth-order valence-corrected chi connectivity index (χ4v) is 4.61. The van der Waals surface area contributed by atoms with E-state index in [1.54, 1.807) is 35.6 Å². The number of carbonyl (C=O) groups excluding carboxylic acids is 2. The van der Waals surface area contributed by atoms with Gasteiger partial charge in [0.05, 0.1) is 40.2 Å². The van der Waals surface area contributed by atoms with Crippen LogP contribution in [0.15, 0.2) is 53.2 Å². The molecule has 1 aromatic heterocycles. The van der Waals surface area contributed by atoms with Crippen LogP contribution in [0.25, 0.3) is 0 Å². The molecule has 2 heterocycles. The normalized spacial score (nSPS) is 17.5. The summed E-state index contributed by atoms with van der Waals surface area (Å²) >= 11 is 1.43. The minimum Gasteiger partial charge on any atom is -0.497 e. The molecule has 1 amide bonds. The number of hydrogen-bond acceptors (Lipinski definition) is 7. The van der Waals surface area contributed by atoms with E-state index in [1.165, 1.54) is 32.7 Å². The molecule has 0 bridgehead atoms. The Labute approximate surface area is 190 Å². The van der Waals surface area contributed by atoms with Gasteiger partial charge in [-0.05, 0) is 29.1 Å². The number of amides is 1. The summed E-state index contributed by atoms with van der Waals surface area (Å²) in [7, 11) is 6.14. The number of β-lactam (4-membered cyclic amide) rings is 1. The van der Waals surface area contributed by atoms with Crippen molar-refractivity contribution in [2.24, 2.45) is 5.92 Å². The minimum atomic E-state index is -0.822. The minimum absolute atomic E-state index is 0.194. The summed E-state index contributed by atoms with van der Waals surface area (Å²) in [5, 5.41) is 3.60. The molecule has 0 spiro atoms. The highest BCUT2D eigenvalue weighted by atomic mass is 32.1. The monoisotopic (exact) mass is 453 g/mol. The molecule has 1 saturated heterocycles. The van der Waals surface area contributed by atoms with Gasteiger partial charge in [-0.1, -0.05) is 12.1 Å². The van der Waals surface area contributed by atoms with Gasteiger partial charge in [-0.3, -0.25) is 9.59 Å². The first-order valence-corrected chi connectivity index (χ1v) is 10.8. The zero-order valence-corrected chi connectivity index (χ0v) is 19.0. The molecule has 0 N–H and O–H groups in total. The number of benzene rings is 2. The van der Waals surface area contributed by atoms with E-state index in [2.05, 4.69) is 0 Å². The lowest BCUT2D eigenvalue weighted by Crippen LogP contribution is -2.58. The van der Waals surface area contributed by atoms with Crippen LogP contribution in [-0.4, -0.2) is 40.1 Å². The summed E-state index contributed by atoms with van der Waals surface area (Å²) in [4.78, 5) is 28.1. The van der Waals surface area contributed by atoms with Gasteiger partial charge in [0, 0.05) is 23.1 Å². The molecule has 1 aliphatic rings. The van der Waals surface area contributed by atoms with Crippen LogP contribution in [0.2, 0.25) is 0 Å². The van der Waals surface area contributed by atoms with Crippen molar-refractivity contribution in [3.63, 3.8) is 0 Å². The molecule has 0 unspecified atom stereocenters. The van der Waals surface area contributed by atoms with Gasteiger partial charge in [0.1, 0.15) is 11.7 Å². The van der Waals surface area contributed by atoms with Crippen LogP contribution in [0.3, 0.4) is 0 Å². The molecule has 166 valence electrons. The fourth-order valence-electron chi connectivity index (χ4n) is 3.97. The van der Waals surface area contributed by atoms with Gasteiger partial charge in [0.15, 0.2) is 17.3 Å². The van der Waals surface area contributed by atoms with Crippen molar-refractivity contribution in [2.75, 3.05) is 33.3 Å². The smallest absolute Gasteiger partial charge is 0.241 e. The average molecular weight is 454 g/mol. The highest BCUT2D eigenvalue weighted by Gasteiger charge is 2.53. The van der Waals surface area contributed by atoms with Gasteiger partial charge in [0.25, 0.3) is 0 Å². The number of nitrogens with zero attached hydrogens (tertiary/aromatic N) is 1. The first-order valence-electron chi connectivity index (χ1n) is 9.87. The zero-order valence-electron chi connectivity index (χ0n) is 18.2. The molecule has 8 heteroatoms. The summed E-state index contributed by atoms with van der Waals surface area (Å²) in [6.07, 6.45) is 0. The van der Waals surface area contributed by atoms with E-state index >= 15 is 0 Å². The fraction of sp³-hybridized carbons (Fsp3) is 0.250. The molecule has 0 saturated carbocycles. The zero-order chi connectivity index (χ0) is 22.8. The van der Waals surface area contributed by atoms with Gasteiger partial charge in [-0.25, -0.2) is 0 Å². The molecular formula is C24H23NO6S. The van der Waals surface area contributed by atoms with Crippen LogP contribution in [-0.2, 0) is 4.79 Å². The Morgan fingerprint density at radius 1 is 0.906 bits per heavy atom. The quantitative estimate of drug-likeness (QED) is 0.286. The van der Waals surface area contributed by atoms with Crippen LogP contribution in [0.5, 0.6) is 23.0 Å². The van der Waals surface area contributed by atoms with Crippen LogP contribution >= 0.6 is 11.3 Å². The molecule has 4 rings (SSSR count). The van der Waals surface area contributed by atoms with E-state index in [-0.39, 0.29) is 11.7 Å². The van der Waals surface area contributed by atoms with E-state index < -0.39 is 12.0 Å². The summed E-state index contributed by atoms with van der Waals surface area (Å²) in [6, 6.07) is 12.1. The number of ether oxygens (including phenoxy) is 4. The number of carbonyl (C=O) groups is 2. The number of Topliss-reactive ketones (excluding diaryl/α,β-unsaturated/α-hetero) is 1. The van der Waals surface area contributed by atoms with Crippen molar-refractivity contribution in [3.05, 3.63) is 64.4 Å². The standard InChI is InChI=1S/C24H23NO6S/c1-28-17-7-5-14(6-8-17)21-20(22(26)15-9-10-32-13-15)24(27)25(21)16-11-18(29-2)23(31-4)19(12-16)30-3/h5-13,20-21H,1-4H3/t20-,21+/m0/s1. The second-order valence-corrected chi connectivity index (χ2v) is 7.94. The average Bonchev–Trinajstić information content (AvgIpc) is 3.37. The van der Waals surface area contributed by atoms with Gasteiger partial charge in [-0.15, -0.1) is 0 Å². The third kappa shape index (κ3) is 3.56. The molecule has 0 aliphatic carbocycles. The highest BCUT2D eigenvalue weighted by Crippen LogP contribution is 2.49. The van der Waals surface area contributed by atoms with Crippen molar-refractivity contribution in [1.82, 2.24) is 0 Å². The van der Waals surface area contributed by atoms with Gasteiger partial charge < -0.3 is 23.8 Å². The van der Waals surface area contributed by atoms with Crippen LogP contribution in [0, 0.1) is 5.92 Å². The molecule has 7 nitrogen and oxygen atoms in total. The Morgan fingerprint density at radius 2 is 1.56 bits per heavy atom. The number of anilines is 1. The summed E-state index contributed by atoms with van der Waals surface area (Å²) in [6.45, 7) is 0. The maximum Gasteiger partial charge on any atom is 0.241 e. The van der Waals surface area contributed by atoms with Crippen molar-refractivity contribution in [3.8, 4) is 23.0 Å². The Morgan fingerprint density at radius 3 is 2.06 bits per heavy atom. The number of thiophene rings is 1. The lowest BCUT2D eigenvalue weighted by Gasteiger charge is -2.46. The number of rotatable bonds is 8. The Bertz CT molecular complexity index is 1100. The molecule has 0 radical (unpaired) electrons. The maximum absolute atomic E-state index is 13.3. The maximum atomic E-state index is 13.3. The largest absolute Gasteiger partial charge is 0.497 e. The number of methoxy groups -OCH3 is 4. The molecule has 32 heavy (non-hydrogen) atoms. The number of hydrogen-bond donors (Lipinski definition) is 0. The number of ketones is 1. The lowest BCUT2D eigenvalue weighted by atomic mass is 9.77. The van der Waals surface area contributed by atoms with Crippen molar-refractivity contribution >= 4 is 28.7 Å². The second-order valence-electron chi connectivity index (χ2n) is 7.16. The molecular weight excluding hydrogens is 430 g/mol. The van der Waals surface area contributed by atoms with E-state index in [0.29, 0.717) is 34.2 Å². The van der Waals surface area contributed by atoms with Crippen LogP contribution < -0.4 is 23.8 Å². The third-order valence-corrected chi connectivity index (χ3v) is 6.25. The van der Waals surface area contributed by atoms with Crippen LogP contribution in [0.1, 0.15) is 22.0 Å². The summed E-state index contributed by atoms with van der Waals surface area (Å²) in [5.41, 5.74) is 1.92. The topological polar surface area (TPSA) is 74.3 Å². The predicted molar refractivity (Wildman–Crippen MR) is 121 cm³/mol. The lowest BCUT2D eigenvalue weighted by molar-refractivity contribution is -0.128. The third-order valence-electron chi connectivity index (χ3n) is 5.57. The predicted octanol–water partition coefficient (Wildman–Crippen LogP) is 4.37. The molecule has 1 fully saturated rings. The highest BCUT2D eigenvalue weighted by molar-refractivity contribution is 7.08.